The van der Waals surface area contributed by atoms with Crippen LogP contribution in [0.15, 0.2) is 49.1 Å². The topological polar surface area (TPSA) is 111 Å². The van der Waals surface area contributed by atoms with Gasteiger partial charge in [-0.25, -0.2) is 19.9 Å². The van der Waals surface area contributed by atoms with Gasteiger partial charge in [-0.05, 0) is 31.2 Å². The van der Waals surface area contributed by atoms with E-state index in [1.165, 1.54) is 29.5 Å². The summed E-state index contributed by atoms with van der Waals surface area (Å²) < 4.78 is 40.6. The Bertz CT molecular complexity index is 1330. The van der Waals surface area contributed by atoms with Crippen molar-refractivity contribution in [3.8, 4) is 17.3 Å². The molecule has 0 aliphatic carbocycles. The lowest BCUT2D eigenvalue weighted by Crippen LogP contribution is -2.29. The number of alkyl halides is 3. The molecule has 4 aromatic heterocycles. The van der Waals surface area contributed by atoms with Crippen LogP contribution in [0.1, 0.15) is 34.8 Å². The van der Waals surface area contributed by atoms with Crippen molar-refractivity contribution >= 4 is 29.1 Å². The minimum absolute atomic E-state index is 0.201. The van der Waals surface area contributed by atoms with E-state index in [0.717, 1.165) is 6.07 Å². The predicted octanol–water partition coefficient (Wildman–Crippen LogP) is 4.33. The van der Waals surface area contributed by atoms with Crippen molar-refractivity contribution in [2.45, 2.75) is 19.1 Å². The van der Waals surface area contributed by atoms with E-state index in [4.69, 9.17) is 23.2 Å². The molecule has 1 amide bonds. The van der Waals surface area contributed by atoms with Gasteiger partial charge >= 0.3 is 6.18 Å². The number of nitrogens with zero attached hydrogens (tertiary/aromatic N) is 7. The molecule has 0 fully saturated rings. The van der Waals surface area contributed by atoms with Gasteiger partial charge in [0.1, 0.15) is 16.5 Å². The summed E-state index contributed by atoms with van der Waals surface area (Å²) >= 11 is 11.6. The van der Waals surface area contributed by atoms with Gasteiger partial charge in [-0.1, -0.05) is 23.2 Å². The molecule has 0 saturated heterocycles. The summed E-state index contributed by atoms with van der Waals surface area (Å²) in [6, 6.07) is 4.02. The number of rotatable bonds is 5. The Hall–Kier alpha value is -3.64. The SMILES string of the molecule is CC(NC(=O)c1cc(Cl)nc(C(F)(F)F)c1)c1nc(-c2cnccn2)nn1-c1ccc(Cl)cn1. The molecule has 14 heteroatoms. The van der Waals surface area contributed by atoms with E-state index >= 15 is 0 Å². The first kappa shape index (κ1) is 23.5. The molecule has 9 nitrogen and oxygen atoms in total. The average Bonchev–Trinajstić information content (AvgIpc) is 3.25. The van der Waals surface area contributed by atoms with Gasteiger partial charge < -0.3 is 5.32 Å². The Balaban J connectivity index is 1.69. The van der Waals surface area contributed by atoms with Crippen molar-refractivity contribution in [3.63, 3.8) is 0 Å². The highest BCUT2D eigenvalue weighted by atomic mass is 35.5. The van der Waals surface area contributed by atoms with Gasteiger partial charge in [-0.15, -0.1) is 5.10 Å². The zero-order valence-corrected chi connectivity index (χ0v) is 18.6. The van der Waals surface area contributed by atoms with Gasteiger partial charge in [-0.2, -0.15) is 17.9 Å². The second-order valence-corrected chi connectivity index (χ2v) is 7.71. The largest absolute Gasteiger partial charge is 0.433 e. The highest BCUT2D eigenvalue weighted by Crippen LogP contribution is 2.29. The van der Waals surface area contributed by atoms with E-state index in [0.29, 0.717) is 22.6 Å². The van der Waals surface area contributed by atoms with Crippen molar-refractivity contribution in [1.82, 2.24) is 40.0 Å². The summed E-state index contributed by atoms with van der Waals surface area (Å²) in [4.78, 5) is 32.8. The standard InChI is InChI=1S/C20H13Cl2F3N8O/c1-10(29-19(34)11-6-14(20(23,24)25)30-15(22)7-11)18-31-17(13-9-26-4-5-27-13)32-33(18)16-3-2-12(21)8-28-16/h2-10H,1H3,(H,29,34). The third-order valence-electron chi connectivity index (χ3n) is 4.43. The number of carbonyl (C=O) groups is 1. The highest BCUT2D eigenvalue weighted by Gasteiger charge is 2.34. The molecule has 4 heterocycles. The zero-order valence-electron chi connectivity index (χ0n) is 17.1. The highest BCUT2D eigenvalue weighted by molar-refractivity contribution is 6.30. The normalized spacial score (nSPS) is 12.4. The van der Waals surface area contributed by atoms with Crippen LogP contribution in [0.2, 0.25) is 10.2 Å². The Kier molecular flexibility index (Phi) is 6.44. The van der Waals surface area contributed by atoms with E-state index in [1.807, 2.05) is 0 Å². The molecular formula is C20H13Cl2F3N8O. The lowest BCUT2D eigenvalue weighted by Gasteiger charge is -2.15. The zero-order chi connectivity index (χ0) is 24.5. The first-order chi connectivity index (χ1) is 16.1. The first-order valence-electron chi connectivity index (χ1n) is 9.53. The van der Waals surface area contributed by atoms with Gasteiger partial charge in [-0.3, -0.25) is 9.78 Å². The van der Waals surface area contributed by atoms with E-state index in [2.05, 4.69) is 35.3 Å². The second kappa shape index (κ2) is 9.31. The second-order valence-electron chi connectivity index (χ2n) is 6.89. The molecule has 174 valence electrons. The van der Waals surface area contributed by atoms with Crippen LogP contribution in [0.25, 0.3) is 17.3 Å². The van der Waals surface area contributed by atoms with Crippen LogP contribution in [0.4, 0.5) is 13.2 Å². The number of halogens is 5. The predicted molar refractivity (Wildman–Crippen MR) is 115 cm³/mol. The van der Waals surface area contributed by atoms with Crippen molar-refractivity contribution < 1.29 is 18.0 Å². The number of pyridine rings is 2. The third-order valence-corrected chi connectivity index (χ3v) is 4.85. The third kappa shape index (κ3) is 5.13. The quantitative estimate of drug-likeness (QED) is 0.399. The van der Waals surface area contributed by atoms with Crippen LogP contribution in [-0.2, 0) is 6.18 Å². The van der Waals surface area contributed by atoms with Crippen LogP contribution in [-0.4, -0.2) is 40.6 Å². The molecule has 0 bridgehead atoms. The molecule has 34 heavy (non-hydrogen) atoms. The summed E-state index contributed by atoms with van der Waals surface area (Å²) in [6.07, 6.45) is 1.05. The fraction of sp³-hybridized carbons (Fsp3) is 0.150. The van der Waals surface area contributed by atoms with E-state index < -0.39 is 29.0 Å². The number of hydrogen-bond acceptors (Lipinski definition) is 7. The molecule has 0 aromatic carbocycles. The van der Waals surface area contributed by atoms with Crippen molar-refractivity contribution in [2.24, 2.45) is 0 Å². The van der Waals surface area contributed by atoms with Gasteiger partial charge in [0.25, 0.3) is 5.91 Å². The molecule has 0 spiro atoms. The molecule has 4 aromatic rings. The molecule has 4 rings (SSSR count). The van der Waals surface area contributed by atoms with E-state index in [-0.39, 0.29) is 17.2 Å². The Morgan fingerprint density at radius 3 is 2.53 bits per heavy atom. The smallest absolute Gasteiger partial charge is 0.342 e. The van der Waals surface area contributed by atoms with Crippen LogP contribution in [0, 0.1) is 0 Å². The minimum Gasteiger partial charge on any atom is -0.342 e. The maximum Gasteiger partial charge on any atom is 0.433 e. The number of nitrogens with one attached hydrogen (secondary N) is 1. The number of aromatic nitrogens is 7. The van der Waals surface area contributed by atoms with Gasteiger partial charge in [0.05, 0.1) is 17.3 Å². The van der Waals surface area contributed by atoms with Crippen LogP contribution >= 0.6 is 23.2 Å². The molecule has 1 N–H and O–H groups in total. The number of hydrogen-bond donors (Lipinski definition) is 1. The van der Waals surface area contributed by atoms with Gasteiger partial charge in [0.2, 0.25) is 5.82 Å². The molecular weight excluding hydrogens is 496 g/mol. The minimum atomic E-state index is -4.77. The molecule has 0 radical (unpaired) electrons. The number of carbonyl (C=O) groups excluding carboxylic acids is 1. The molecule has 0 aliphatic rings. The lowest BCUT2D eigenvalue weighted by atomic mass is 10.2. The fourth-order valence-corrected chi connectivity index (χ4v) is 3.23. The van der Waals surface area contributed by atoms with Crippen molar-refractivity contribution in [3.05, 3.63) is 76.3 Å². The summed E-state index contributed by atoms with van der Waals surface area (Å²) in [7, 11) is 0. The van der Waals surface area contributed by atoms with E-state index in [9.17, 15) is 18.0 Å². The summed E-state index contributed by atoms with van der Waals surface area (Å²) in [5.74, 6) is -0.0382. The summed E-state index contributed by atoms with van der Waals surface area (Å²) in [6.45, 7) is 1.59. The average molecular weight is 509 g/mol. The summed E-state index contributed by atoms with van der Waals surface area (Å²) in [5, 5.41) is 6.94. The fourth-order valence-electron chi connectivity index (χ4n) is 2.91. The molecule has 0 aliphatic heterocycles. The molecule has 1 atom stereocenters. The Morgan fingerprint density at radius 2 is 1.88 bits per heavy atom. The molecule has 1 unspecified atom stereocenters. The number of amides is 1. The van der Waals surface area contributed by atoms with Crippen LogP contribution < -0.4 is 5.32 Å². The summed E-state index contributed by atoms with van der Waals surface area (Å²) in [5.41, 5.74) is -1.23. The maximum absolute atomic E-state index is 13.1. The van der Waals surface area contributed by atoms with Gasteiger partial charge in [0.15, 0.2) is 11.6 Å². The first-order valence-corrected chi connectivity index (χ1v) is 10.3. The maximum atomic E-state index is 13.1. The van der Waals surface area contributed by atoms with Crippen molar-refractivity contribution in [1.29, 1.82) is 0 Å². The Morgan fingerprint density at radius 1 is 1.09 bits per heavy atom. The molecule has 0 saturated carbocycles. The monoisotopic (exact) mass is 508 g/mol. The van der Waals surface area contributed by atoms with Gasteiger partial charge in [0, 0.05) is 24.2 Å². The lowest BCUT2D eigenvalue weighted by molar-refractivity contribution is -0.141. The van der Waals surface area contributed by atoms with Crippen molar-refractivity contribution in [2.75, 3.05) is 0 Å². The Labute approximate surface area is 200 Å². The van der Waals surface area contributed by atoms with E-state index in [1.54, 1.807) is 19.1 Å². The van der Waals surface area contributed by atoms with Crippen LogP contribution in [0.5, 0.6) is 0 Å². The van der Waals surface area contributed by atoms with Crippen LogP contribution in [0.3, 0.4) is 0 Å².